The van der Waals surface area contributed by atoms with Gasteiger partial charge in [0.2, 0.25) is 5.91 Å². The van der Waals surface area contributed by atoms with Crippen molar-refractivity contribution in [3.8, 4) is 0 Å². The summed E-state index contributed by atoms with van der Waals surface area (Å²) in [5, 5.41) is 0. The van der Waals surface area contributed by atoms with Crippen LogP contribution in [-0.4, -0.2) is 29.9 Å². The van der Waals surface area contributed by atoms with E-state index in [4.69, 9.17) is 0 Å². The Morgan fingerprint density at radius 3 is 2.57 bits per heavy atom. The molecule has 1 atom stereocenters. The van der Waals surface area contributed by atoms with Crippen LogP contribution in [-0.2, 0) is 11.3 Å². The van der Waals surface area contributed by atoms with E-state index in [0.717, 1.165) is 23.4 Å². The normalized spacial score (nSPS) is 19.2. The Balaban J connectivity index is 1.72. The van der Waals surface area contributed by atoms with Crippen molar-refractivity contribution in [2.24, 2.45) is 0 Å². The minimum Gasteiger partial charge on any atom is -0.310 e. The molecule has 0 saturated carbocycles. The van der Waals surface area contributed by atoms with Gasteiger partial charge in [0.05, 0.1) is 6.04 Å². The molecule has 0 radical (unpaired) electrons. The van der Waals surface area contributed by atoms with E-state index in [9.17, 15) is 9.18 Å². The van der Waals surface area contributed by atoms with Crippen LogP contribution >= 0.6 is 0 Å². The topological polar surface area (TPSA) is 23.6 Å². The fourth-order valence-electron chi connectivity index (χ4n) is 3.01. The molecule has 0 spiro atoms. The Kier molecular flexibility index (Phi) is 4.44. The molecule has 2 aromatic rings. The average Bonchev–Trinajstić information content (AvgIpc) is 2.54. The summed E-state index contributed by atoms with van der Waals surface area (Å²) in [5.41, 5.74) is 3.13. The molecule has 0 aliphatic carbocycles. The van der Waals surface area contributed by atoms with E-state index in [1.807, 2.05) is 43.0 Å². The van der Waals surface area contributed by atoms with E-state index in [1.165, 1.54) is 12.1 Å². The highest BCUT2D eigenvalue weighted by molar-refractivity contribution is 5.97. The fourth-order valence-corrected chi connectivity index (χ4v) is 3.01. The van der Waals surface area contributed by atoms with E-state index in [1.54, 1.807) is 12.1 Å². The van der Waals surface area contributed by atoms with E-state index >= 15 is 0 Å². The summed E-state index contributed by atoms with van der Waals surface area (Å²) in [7, 11) is 0. The molecule has 0 aromatic heterocycles. The van der Waals surface area contributed by atoms with Crippen molar-refractivity contribution >= 4 is 11.6 Å². The molecule has 3 rings (SSSR count). The van der Waals surface area contributed by atoms with Crippen molar-refractivity contribution in [1.29, 1.82) is 0 Å². The van der Waals surface area contributed by atoms with Gasteiger partial charge < -0.3 is 4.90 Å². The van der Waals surface area contributed by atoms with Crippen molar-refractivity contribution in [3.05, 3.63) is 65.5 Å². The van der Waals surface area contributed by atoms with Gasteiger partial charge in [-0.3, -0.25) is 9.69 Å². The summed E-state index contributed by atoms with van der Waals surface area (Å²) in [6, 6.07) is 14.3. The van der Waals surface area contributed by atoms with Crippen LogP contribution in [0.4, 0.5) is 10.1 Å². The Hall–Kier alpha value is -2.20. The second-order valence-corrected chi connectivity index (χ2v) is 6.10. The number of carbonyl (C=O) groups is 1. The third kappa shape index (κ3) is 3.42. The molecule has 1 aliphatic rings. The molecule has 2 aromatic carbocycles. The summed E-state index contributed by atoms with van der Waals surface area (Å²) >= 11 is 0. The lowest BCUT2D eigenvalue weighted by Gasteiger charge is -2.39. The molecule has 120 valence electrons. The number of nitrogens with zero attached hydrogens (tertiary/aromatic N) is 2. The Morgan fingerprint density at radius 1 is 1.13 bits per heavy atom. The number of anilines is 1. The maximum Gasteiger partial charge on any atom is 0.244 e. The first-order valence-corrected chi connectivity index (χ1v) is 7.91. The molecule has 1 amide bonds. The molecule has 0 bridgehead atoms. The van der Waals surface area contributed by atoms with Crippen molar-refractivity contribution in [2.45, 2.75) is 26.4 Å². The zero-order valence-electron chi connectivity index (χ0n) is 13.5. The van der Waals surface area contributed by atoms with Gasteiger partial charge in [0.1, 0.15) is 5.82 Å². The standard InChI is InChI=1S/C19H21FN2O/c1-14-4-3-5-18(12-14)22-11-10-21(15(2)19(22)23)13-16-6-8-17(20)9-7-16/h3-9,12,15H,10-11,13H2,1-2H3/t15-/m0/s1. The van der Waals surface area contributed by atoms with Crippen molar-refractivity contribution in [3.63, 3.8) is 0 Å². The van der Waals surface area contributed by atoms with Gasteiger partial charge in [0.25, 0.3) is 0 Å². The van der Waals surface area contributed by atoms with Crippen LogP contribution in [0.15, 0.2) is 48.5 Å². The molecule has 1 heterocycles. The summed E-state index contributed by atoms with van der Waals surface area (Å²) in [5.74, 6) is -0.119. The number of hydrogen-bond donors (Lipinski definition) is 0. The fraction of sp³-hybridized carbons (Fsp3) is 0.316. The van der Waals surface area contributed by atoms with Gasteiger partial charge in [-0.15, -0.1) is 0 Å². The average molecular weight is 312 g/mol. The van der Waals surface area contributed by atoms with E-state index < -0.39 is 0 Å². The van der Waals surface area contributed by atoms with Gasteiger partial charge in [-0.1, -0.05) is 24.3 Å². The van der Waals surface area contributed by atoms with E-state index in [2.05, 4.69) is 4.90 Å². The highest BCUT2D eigenvalue weighted by Crippen LogP contribution is 2.22. The maximum atomic E-state index is 13.0. The summed E-state index contributed by atoms with van der Waals surface area (Å²) < 4.78 is 13.0. The number of hydrogen-bond acceptors (Lipinski definition) is 2. The molecule has 0 N–H and O–H groups in total. The third-order valence-corrected chi connectivity index (χ3v) is 4.39. The highest BCUT2D eigenvalue weighted by Gasteiger charge is 2.32. The van der Waals surface area contributed by atoms with Gasteiger partial charge in [-0.2, -0.15) is 0 Å². The van der Waals surface area contributed by atoms with E-state index in [-0.39, 0.29) is 17.8 Å². The smallest absolute Gasteiger partial charge is 0.244 e. The Morgan fingerprint density at radius 2 is 1.87 bits per heavy atom. The van der Waals surface area contributed by atoms with Crippen LogP contribution < -0.4 is 4.90 Å². The van der Waals surface area contributed by atoms with Crippen molar-refractivity contribution < 1.29 is 9.18 Å². The summed E-state index contributed by atoms with van der Waals surface area (Å²) in [6.07, 6.45) is 0. The molecule has 23 heavy (non-hydrogen) atoms. The molecule has 4 heteroatoms. The van der Waals surface area contributed by atoms with Crippen LogP contribution in [0, 0.1) is 12.7 Å². The van der Waals surface area contributed by atoms with Crippen LogP contribution in [0.25, 0.3) is 0 Å². The van der Waals surface area contributed by atoms with Gasteiger partial charge in [-0.05, 0) is 49.2 Å². The first kappa shape index (κ1) is 15.7. The molecule has 1 aliphatic heterocycles. The lowest BCUT2D eigenvalue weighted by atomic mass is 10.1. The predicted octanol–water partition coefficient (Wildman–Crippen LogP) is 3.37. The Labute approximate surface area is 136 Å². The van der Waals surface area contributed by atoms with Crippen LogP contribution in [0.2, 0.25) is 0 Å². The zero-order chi connectivity index (χ0) is 16.4. The van der Waals surface area contributed by atoms with Crippen molar-refractivity contribution in [1.82, 2.24) is 4.90 Å². The maximum absolute atomic E-state index is 13.0. The quantitative estimate of drug-likeness (QED) is 0.867. The number of aryl methyl sites for hydroxylation is 1. The number of benzene rings is 2. The Bertz CT molecular complexity index is 699. The molecule has 1 fully saturated rings. The molecular formula is C19H21FN2O. The second kappa shape index (κ2) is 6.50. The first-order chi connectivity index (χ1) is 11.0. The largest absolute Gasteiger partial charge is 0.310 e. The number of piperazine rings is 1. The van der Waals surface area contributed by atoms with Gasteiger partial charge in [-0.25, -0.2) is 4.39 Å². The monoisotopic (exact) mass is 312 g/mol. The van der Waals surface area contributed by atoms with Gasteiger partial charge >= 0.3 is 0 Å². The lowest BCUT2D eigenvalue weighted by Crippen LogP contribution is -2.55. The number of amides is 1. The highest BCUT2D eigenvalue weighted by atomic mass is 19.1. The molecule has 3 nitrogen and oxygen atoms in total. The predicted molar refractivity (Wildman–Crippen MR) is 89.8 cm³/mol. The van der Waals surface area contributed by atoms with Crippen LogP contribution in [0.5, 0.6) is 0 Å². The van der Waals surface area contributed by atoms with Crippen LogP contribution in [0.1, 0.15) is 18.1 Å². The van der Waals surface area contributed by atoms with Gasteiger partial charge in [0.15, 0.2) is 0 Å². The minimum atomic E-state index is -0.234. The zero-order valence-corrected chi connectivity index (χ0v) is 13.5. The van der Waals surface area contributed by atoms with Crippen molar-refractivity contribution in [2.75, 3.05) is 18.0 Å². The summed E-state index contributed by atoms with van der Waals surface area (Å²) in [6.45, 7) is 6.11. The number of carbonyl (C=O) groups excluding carboxylic acids is 1. The minimum absolute atomic E-state index is 0.115. The molecule has 0 unspecified atom stereocenters. The van der Waals surface area contributed by atoms with E-state index in [0.29, 0.717) is 13.1 Å². The van der Waals surface area contributed by atoms with Crippen LogP contribution in [0.3, 0.4) is 0 Å². The number of rotatable bonds is 3. The molecule has 1 saturated heterocycles. The SMILES string of the molecule is Cc1cccc(N2CCN(Cc3ccc(F)cc3)[C@@H](C)C2=O)c1. The van der Waals surface area contributed by atoms with Gasteiger partial charge in [0, 0.05) is 25.3 Å². The molecular weight excluding hydrogens is 291 g/mol. The summed E-state index contributed by atoms with van der Waals surface area (Å²) in [4.78, 5) is 16.7. The third-order valence-electron chi connectivity index (χ3n) is 4.39. The number of halogens is 1. The lowest BCUT2D eigenvalue weighted by molar-refractivity contribution is -0.125. The second-order valence-electron chi connectivity index (χ2n) is 6.10. The first-order valence-electron chi connectivity index (χ1n) is 7.91.